The summed E-state index contributed by atoms with van der Waals surface area (Å²) in [4.78, 5) is 28.2. The molecule has 0 saturated carbocycles. The molecule has 0 radical (unpaired) electrons. The van der Waals surface area contributed by atoms with E-state index in [4.69, 9.17) is 9.15 Å². The summed E-state index contributed by atoms with van der Waals surface area (Å²) in [6, 6.07) is 0. The summed E-state index contributed by atoms with van der Waals surface area (Å²) in [5.41, 5.74) is 1.40. The third-order valence-corrected chi connectivity index (χ3v) is 3.58. The van der Waals surface area contributed by atoms with Gasteiger partial charge in [0.2, 0.25) is 5.91 Å². The Morgan fingerprint density at radius 3 is 2.91 bits per heavy atom. The van der Waals surface area contributed by atoms with Gasteiger partial charge in [-0.2, -0.15) is 5.10 Å². The average molecular weight is 304 g/mol. The minimum Gasteiger partial charge on any atom is -0.464 e. The topological polar surface area (TPSA) is 110 Å². The maximum atomic E-state index is 11.9. The number of oxazole rings is 1. The molecule has 0 saturated heterocycles. The molecule has 3 heterocycles. The molecule has 3 rings (SSSR count). The van der Waals surface area contributed by atoms with Gasteiger partial charge in [0.15, 0.2) is 11.7 Å². The van der Waals surface area contributed by atoms with E-state index in [1.807, 2.05) is 13.8 Å². The van der Waals surface area contributed by atoms with Crippen molar-refractivity contribution in [2.45, 2.75) is 32.1 Å². The van der Waals surface area contributed by atoms with E-state index < -0.39 is 11.9 Å². The van der Waals surface area contributed by atoms with Crippen molar-refractivity contribution < 1.29 is 18.7 Å². The van der Waals surface area contributed by atoms with E-state index in [-0.39, 0.29) is 23.9 Å². The molecule has 0 spiro atoms. The lowest BCUT2D eigenvalue weighted by Gasteiger charge is -2.20. The monoisotopic (exact) mass is 304 g/mol. The van der Waals surface area contributed by atoms with Crippen LogP contribution in [-0.4, -0.2) is 34.2 Å². The van der Waals surface area contributed by atoms with Crippen molar-refractivity contribution >= 4 is 17.7 Å². The minimum atomic E-state index is -0.539. The summed E-state index contributed by atoms with van der Waals surface area (Å²) in [6.07, 6.45) is 1.69. The fourth-order valence-corrected chi connectivity index (χ4v) is 2.49. The number of nitrogens with zero attached hydrogens (tertiary/aromatic N) is 2. The first kappa shape index (κ1) is 14.3. The fourth-order valence-electron chi connectivity index (χ4n) is 2.49. The predicted molar refractivity (Wildman–Crippen MR) is 75.6 cm³/mol. The quantitative estimate of drug-likeness (QED) is 0.836. The van der Waals surface area contributed by atoms with Crippen molar-refractivity contribution in [3.05, 3.63) is 29.1 Å². The van der Waals surface area contributed by atoms with Gasteiger partial charge >= 0.3 is 5.97 Å². The molecule has 2 N–H and O–H groups in total. The first-order chi connectivity index (χ1) is 10.5. The van der Waals surface area contributed by atoms with E-state index in [9.17, 15) is 9.59 Å². The number of amides is 1. The SMILES string of the molecule is COC(=O)c1[nH]nc2c1C(c1coc(C(C)C)n1)CC(=O)N2. The number of aromatic nitrogens is 3. The zero-order valence-electron chi connectivity index (χ0n) is 12.5. The van der Waals surface area contributed by atoms with Gasteiger partial charge in [0.25, 0.3) is 0 Å². The van der Waals surface area contributed by atoms with E-state index in [2.05, 4.69) is 20.5 Å². The number of fused-ring (bicyclic) bond motifs is 1. The summed E-state index contributed by atoms with van der Waals surface area (Å²) in [5, 5.41) is 9.24. The number of carbonyl (C=O) groups is 2. The molecule has 2 aromatic rings. The smallest absolute Gasteiger partial charge is 0.356 e. The van der Waals surface area contributed by atoms with Gasteiger partial charge in [-0.25, -0.2) is 9.78 Å². The third kappa shape index (κ3) is 2.26. The number of anilines is 1. The molecule has 2 aromatic heterocycles. The Bertz CT molecular complexity index is 731. The standard InChI is InChI=1S/C14H16N4O4/c1-6(2)13-15-8(5-22-13)7-4-9(19)16-12-10(7)11(17-18-12)14(20)21-3/h5-7H,4H2,1-3H3,(H2,16,17,18,19). The molecule has 1 amide bonds. The Morgan fingerprint density at radius 1 is 1.50 bits per heavy atom. The fraction of sp³-hybridized carbons (Fsp3) is 0.429. The number of H-pyrrole nitrogens is 1. The zero-order valence-corrected chi connectivity index (χ0v) is 12.5. The lowest BCUT2D eigenvalue weighted by atomic mass is 9.89. The molecule has 1 aliphatic heterocycles. The van der Waals surface area contributed by atoms with Crippen LogP contribution in [0.1, 0.15) is 59.7 Å². The van der Waals surface area contributed by atoms with E-state index in [1.165, 1.54) is 13.4 Å². The number of esters is 1. The largest absolute Gasteiger partial charge is 0.464 e. The van der Waals surface area contributed by atoms with E-state index in [0.29, 0.717) is 23.0 Å². The molecular weight excluding hydrogens is 288 g/mol. The molecule has 0 aliphatic carbocycles. The van der Waals surface area contributed by atoms with E-state index in [1.54, 1.807) is 0 Å². The molecule has 116 valence electrons. The average Bonchev–Trinajstić information content (AvgIpc) is 3.12. The predicted octanol–water partition coefficient (Wildman–Crippen LogP) is 1.78. The highest BCUT2D eigenvalue weighted by atomic mass is 16.5. The number of methoxy groups -OCH3 is 1. The summed E-state index contributed by atoms with van der Waals surface area (Å²) in [7, 11) is 1.29. The molecule has 1 atom stereocenters. The number of ether oxygens (including phenoxy) is 1. The molecule has 8 nitrogen and oxygen atoms in total. The van der Waals surface area contributed by atoms with Crippen LogP contribution >= 0.6 is 0 Å². The molecule has 8 heteroatoms. The van der Waals surface area contributed by atoms with Crippen molar-refractivity contribution in [3.63, 3.8) is 0 Å². The summed E-state index contributed by atoms with van der Waals surface area (Å²) in [5.74, 6) is -0.0682. The first-order valence-electron chi connectivity index (χ1n) is 6.93. The van der Waals surface area contributed by atoms with Crippen molar-refractivity contribution in [3.8, 4) is 0 Å². The molecule has 0 aromatic carbocycles. The number of hydrogen-bond acceptors (Lipinski definition) is 6. The molecule has 0 fully saturated rings. The van der Waals surface area contributed by atoms with Crippen LogP contribution in [0, 0.1) is 0 Å². The normalized spacial score (nSPS) is 17.3. The second-order valence-corrected chi connectivity index (χ2v) is 5.42. The van der Waals surface area contributed by atoms with Crippen LogP contribution in [0.4, 0.5) is 5.82 Å². The van der Waals surface area contributed by atoms with E-state index in [0.717, 1.165) is 0 Å². The number of nitrogens with one attached hydrogen (secondary N) is 2. The van der Waals surface area contributed by atoms with Crippen molar-refractivity contribution in [2.24, 2.45) is 0 Å². The van der Waals surface area contributed by atoms with Crippen molar-refractivity contribution in [2.75, 3.05) is 12.4 Å². The van der Waals surface area contributed by atoms with Crippen LogP contribution < -0.4 is 5.32 Å². The maximum absolute atomic E-state index is 11.9. The van der Waals surface area contributed by atoms with Crippen LogP contribution in [0.2, 0.25) is 0 Å². The van der Waals surface area contributed by atoms with Crippen LogP contribution in [-0.2, 0) is 9.53 Å². The van der Waals surface area contributed by atoms with Gasteiger partial charge in [-0.1, -0.05) is 13.8 Å². The van der Waals surface area contributed by atoms with Crippen LogP contribution in [0.25, 0.3) is 0 Å². The van der Waals surface area contributed by atoms with Crippen LogP contribution in [0.15, 0.2) is 10.7 Å². The van der Waals surface area contributed by atoms with Gasteiger partial charge < -0.3 is 14.5 Å². The maximum Gasteiger partial charge on any atom is 0.356 e. The lowest BCUT2D eigenvalue weighted by molar-refractivity contribution is -0.116. The van der Waals surface area contributed by atoms with Crippen LogP contribution in [0.5, 0.6) is 0 Å². The van der Waals surface area contributed by atoms with Gasteiger partial charge in [-0.3, -0.25) is 9.89 Å². The first-order valence-corrected chi connectivity index (χ1v) is 6.93. The lowest BCUT2D eigenvalue weighted by Crippen LogP contribution is -2.24. The highest BCUT2D eigenvalue weighted by Gasteiger charge is 2.35. The summed E-state index contributed by atoms with van der Waals surface area (Å²) >= 11 is 0. The van der Waals surface area contributed by atoms with Crippen molar-refractivity contribution in [1.82, 2.24) is 15.2 Å². The number of carbonyl (C=O) groups excluding carboxylic acids is 2. The molecule has 1 aliphatic rings. The second kappa shape index (κ2) is 5.28. The molecule has 22 heavy (non-hydrogen) atoms. The zero-order chi connectivity index (χ0) is 15.9. The van der Waals surface area contributed by atoms with Gasteiger partial charge in [0.05, 0.1) is 12.8 Å². The Labute approximate surface area is 126 Å². The number of rotatable bonds is 3. The Balaban J connectivity index is 2.07. The van der Waals surface area contributed by atoms with Gasteiger partial charge in [-0.15, -0.1) is 0 Å². The highest BCUT2D eigenvalue weighted by Crippen LogP contribution is 2.38. The highest BCUT2D eigenvalue weighted by molar-refractivity contribution is 5.98. The van der Waals surface area contributed by atoms with E-state index >= 15 is 0 Å². The molecule has 1 unspecified atom stereocenters. The summed E-state index contributed by atoms with van der Waals surface area (Å²) in [6.45, 7) is 3.93. The second-order valence-electron chi connectivity index (χ2n) is 5.42. The van der Waals surface area contributed by atoms with Gasteiger partial charge in [0, 0.05) is 23.8 Å². The Hall–Kier alpha value is -2.64. The van der Waals surface area contributed by atoms with Gasteiger partial charge in [-0.05, 0) is 0 Å². The summed E-state index contributed by atoms with van der Waals surface area (Å²) < 4.78 is 10.2. The molecular formula is C14H16N4O4. The molecule has 0 bridgehead atoms. The Kier molecular flexibility index (Phi) is 3.44. The minimum absolute atomic E-state index is 0.134. The number of hydrogen-bond donors (Lipinski definition) is 2. The number of aromatic amines is 1. The van der Waals surface area contributed by atoms with Crippen LogP contribution in [0.3, 0.4) is 0 Å². The third-order valence-electron chi connectivity index (χ3n) is 3.58. The van der Waals surface area contributed by atoms with Gasteiger partial charge in [0.1, 0.15) is 12.0 Å². The van der Waals surface area contributed by atoms with Crippen molar-refractivity contribution in [1.29, 1.82) is 0 Å². The Morgan fingerprint density at radius 2 is 2.27 bits per heavy atom.